The van der Waals surface area contributed by atoms with Crippen molar-refractivity contribution in [2.75, 3.05) is 5.32 Å². The number of carbonyl (C=O) groups is 1. The van der Waals surface area contributed by atoms with Crippen LogP contribution in [0.4, 0.5) is 18.9 Å². The van der Waals surface area contributed by atoms with E-state index in [0.717, 1.165) is 19.0 Å². The van der Waals surface area contributed by atoms with Crippen molar-refractivity contribution in [1.82, 2.24) is 14.8 Å². The fraction of sp³-hybridized carbons (Fsp3) is 0.435. The molecule has 2 saturated carbocycles. The van der Waals surface area contributed by atoms with Crippen LogP contribution in [0.5, 0.6) is 5.75 Å². The van der Waals surface area contributed by atoms with Crippen LogP contribution in [-0.2, 0) is 4.79 Å². The predicted octanol–water partition coefficient (Wildman–Crippen LogP) is 5.03. The Hall–Kier alpha value is -3.10. The summed E-state index contributed by atoms with van der Waals surface area (Å²) in [6.07, 6.45) is 6.38. The van der Waals surface area contributed by atoms with Gasteiger partial charge in [-0.3, -0.25) is 9.78 Å². The molecule has 32 heavy (non-hydrogen) atoms. The highest BCUT2D eigenvalue weighted by Crippen LogP contribution is 2.62. The molecule has 3 aromatic rings. The van der Waals surface area contributed by atoms with E-state index in [1.54, 1.807) is 18.3 Å². The van der Waals surface area contributed by atoms with E-state index in [1.807, 2.05) is 6.92 Å². The Kier molecular flexibility index (Phi) is 5.27. The van der Waals surface area contributed by atoms with Crippen LogP contribution < -0.4 is 10.1 Å². The van der Waals surface area contributed by atoms with Gasteiger partial charge >= 0.3 is 6.55 Å². The first-order chi connectivity index (χ1) is 15.4. The molecule has 0 saturated heterocycles. The van der Waals surface area contributed by atoms with Gasteiger partial charge < -0.3 is 10.1 Å². The first-order valence-corrected chi connectivity index (χ1v) is 10.8. The van der Waals surface area contributed by atoms with Crippen molar-refractivity contribution in [3.63, 3.8) is 0 Å². The van der Waals surface area contributed by atoms with Crippen LogP contribution in [0, 0.1) is 29.5 Å². The van der Waals surface area contributed by atoms with Crippen molar-refractivity contribution in [3.8, 4) is 5.75 Å². The molecule has 1 aromatic carbocycles. The number of hydrogen-bond donors (Lipinski definition) is 1. The SMILES string of the molecule is CCC(C(=O)Nc1cnn(C(F)F)c1)C1C2CC(Oc3ccnc4ccc(F)cc34)CC21. The smallest absolute Gasteiger partial charge is 0.333 e. The second kappa shape index (κ2) is 8.11. The maximum atomic E-state index is 13.7. The number of rotatable bonds is 7. The Balaban J connectivity index is 1.21. The highest BCUT2D eigenvalue weighted by Gasteiger charge is 2.60. The molecule has 2 aromatic heterocycles. The molecular formula is C23H23F3N4O2. The third kappa shape index (κ3) is 3.80. The molecule has 0 radical (unpaired) electrons. The van der Waals surface area contributed by atoms with Gasteiger partial charge in [0.1, 0.15) is 11.6 Å². The molecule has 2 aliphatic carbocycles. The lowest BCUT2D eigenvalue weighted by Crippen LogP contribution is -2.27. The van der Waals surface area contributed by atoms with Gasteiger partial charge in [-0.15, -0.1) is 0 Å². The van der Waals surface area contributed by atoms with Crippen molar-refractivity contribution in [3.05, 3.63) is 48.7 Å². The molecule has 168 valence electrons. The van der Waals surface area contributed by atoms with Crippen molar-refractivity contribution >= 4 is 22.5 Å². The second-order valence-electron chi connectivity index (χ2n) is 8.58. The lowest BCUT2D eigenvalue weighted by Gasteiger charge is -2.21. The topological polar surface area (TPSA) is 69.0 Å². The Bertz CT molecular complexity index is 1140. The number of amides is 1. The van der Waals surface area contributed by atoms with Gasteiger partial charge in [0.15, 0.2) is 0 Å². The minimum Gasteiger partial charge on any atom is -0.490 e. The van der Waals surface area contributed by atoms with Crippen molar-refractivity contribution in [1.29, 1.82) is 0 Å². The quantitative estimate of drug-likeness (QED) is 0.555. The molecule has 3 atom stereocenters. The molecule has 1 amide bonds. The average molecular weight is 444 g/mol. The summed E-state index contributed by atoms with van der Waals surface area (Å²) in [6, 6.07) is 6.20. The molecule has 0 spiro atoms. The van der Waals surface area contributed by atoms with E-state index in [9.17, 15) is 18.0 Å². The molecule has 2 fully saturated rings. The van der Waals surface area contributed by atoms with E-state index in [2.05, 4.69) is 15.4 Å². The van der Waals surface area contributed by atoms with Gasteiger partial charge in [0, 0.05) is 17.5 Å². The highest BCUT2D eigenvalue weighted by atomic mass is 19.3. The fourth-order valence-corrected chi connectivity index (χ4v) is 5.29. The van der Waals surface area contributed by atoms with Crippen molar-refractivity contribution in [2.45, 2.75) is 38.8 Å². The monoisotopic (exact) mass is 444 g/mol. The lowest BCUT2D eigenvalue weighted by atomic mass is 9.93. The number of alkyl halides is 2. The molecule has 2 heterocycles. The standard InChI is InChI=1S/C23H23F3N4O2/c1-2-15(22(31)29-13-10-28-30(11-13)23(25)26)21-16-8-14(9-17(16)21)32-20-5-6-27-19-4-3-12(24)7-18(19)20/h3-7,10-11,14-17,21,23H,2,8-9H2,1H3,(H,29,31). The normalized spacial score (nSPS) is 25.0. The number of carbonyl (C=O) groups excluding carboxylic acids is 1. The maximum absolute atomic E-state index is 13.7. The van der Waals surface area contributed by atoms with Crippen molar-refractivity contribution in [2.24, 2.45) is 23.7 Å². The minimum absolute atomic E-state index is 0.0139. The van der Waals surface area contributed by atoms with Crippen LogP contribution in [-0.4, -0.2) is 26.8 Å². The van der Waals surface area contributed by atoms with E-state index in [0.29, 0.717) is 39.6 Å². The van der Waals surface area contributed by atoms with Crippen LogP contribution in [0.1, 0.15) is 32.7 Å². The van der Waals surface area contributed by atoms with Crippen LogP contribution in [0.15, 0.2) is 42.9 Å². The van der Waals surface area contributed by atoms with Gasteiger partial charge in [0.05, 0.1) is 29.7 Å². The molecule has 9 heteroatoms. The highest BCUT2D eigenvalue weighted by molar-refractivity contribution is 5.92. The van der Waals surface area contributed by atoms with Gasteiger partial charge in [-0.1, -0.05) is 6.92 Å². The summed E-state index contributed by atoms with van der Waals surface area (Å²) in [5.74, 6) is 0.995. The number of anilines is 1. The number of benzene rings is 1. The van der Waals surface area contributed by atoms with Crippen molar-refractivity contribution < 1.29 is 22.7 Å². The summed E-state index contributed by atoms with van der Waals surface area (Å²) in [7, 11) is 0. The van der Waals surface area contributed by atoms with Gasteiger partial charge in [0.25, 0.3) is 0 Å². The largest absolute Gasteiger partial charge is 0.490 e. The Morgan fingerprint density at radius 2 is 2.06 bits per heavy atom. The first-order valence-electron chi connectivity index (χ1n) is 10.8. The third-order valence-electron chi connectivity index (χ3n) is 6.74. The van der Waals surface area contributed by atoms with E-state index in [4.69, 9.17) is 4.74 Å². The van der Waals surface area contributed by atoms with E-state index >= 15 is 0 Å². The maximum Gasteiger partial charge on any atom is 0.333 e. The number of nitrogens with zero attached hydrogens (tertiary/aromatic N) is 3. The molecule has 2 aliphatic rings. The van der Waals surface area contributed by atoms with Gasteiger partial charge in [0.2, 0.25) is 5.91 Å². The zero-order chi connectivity index (χ0) is 22.4. The number of ether oxygens (including phenoxy) is 1. The zero-order valence-electron chi connectivity index (χ0n) is 17.4. The molecular weight excluding hydrogens is 421 g/mol. The van der Waals surface area contributed by atoms with E-state index < -0.39 is 6.55 Å². The Labute approximate surface area is 182 Å². The van der Waals surface area contributed by atoms with Crippen LogP contribution in [0.25, 0.3) is 10.9 Å². The van der Waals surface area contributed by atoms with Gasteiger partial charge in [-0.25, -0.2) is 9.07 Å². The molecule has 0 aliphatic heterocycles. The third-order valence-corrected chi connectivity index (χ3v) is 6.74. The summed E-state index contributed by atoms with van der Waals surface area (Å²) < 4.78 is 45.8. The number of pyridine rings is 1. The number of hydrogen-bond acceptors (Lipinski definition) is 4. The fourth-order valence-electron chi connectivity index (χ4n) is 5.29. The van der Waals surface area contributed by atoms with Crippen LogP contribution in [0.2, 0.25) is 0 Å². The molecule has 1 N–H and O–H groups in total. The Morgan fingerprint density at radius 3 is 2.75 bits per heavy atom. The number of aromatic nitrogens is 3. The average Bonchev–Trinajstić information content (AvgIpc) is 3.11. The van der Waals surface area contributed by atoms with Gasteiger partial charge in [-0.2, -0.15) is 13.9 Å². The number of halogens is 3. The summed E-state index contributed by atoms with van der Waals surface area (Å²) >= 11 is 0. The summed E-state index contributed by atoms with van der Waals surface area (Å²) in [5.41, 5.74) is 0.959. The number of fused-ring (bicyclic) bond motifs is 2. The lowest BCUT2D eigenvalue weighted by molar-refractivity contribution is -0.121. The molecule has 6 nitrogen and oxygen atoms in total. The molecule has 5 rings (SSSR count). The second-order valence-corrected chi connectivity index (χ2v) is 8.58. The zero-order valence-corrected chi connectivity index (χ0v) is 17.4. The predicted molar refractivity (Wildman–Crippen MR) is 112 cm³/mol. The Morgan fingerprint density at radius 1 is 1.28 bits per heavy atom. The van der Waals surface area contributed by atoms with Crippen LogP contribution >= 0.6 is 0 Å². The number of nitrogens with one attached hydrogen (secondary N) is 1. The van der Waals surface area contributed by atoms with Gasteiger partial charge in [-0.05, 0) is 61.3 Å². The first kappa shape index (κ1) is 20.8. The van der Waals surface area contributed by atoms with E-state index in [1.165, 1.54) is 18.3 Å². The summed E-state index contributed by atoms with van der Waals surface area (Å²) in [5, 5.41) is 6.93. The summed E-state index contributed by atoms with van der Waals surface area (Å²) in [6.45, 7) is -0.775. The molecule has 0 bridgehead atoms. The van der Waals surface area contributed by atoms with Crippen LogP contribution in [0.3, 0.4) is 0 Å². The molecule has 3 unspecified atom stereocenters. The summed E-state index contributed by atoms with van der Waals surface area (Å²) in [4.78, 5) is 17.0. The minimum atomic E-state index is -2.74. The van der Waals surface area contributed by atoms with E-state index in [-0.39, 0.29) is 35.4 Å².